The lowest BCUT2D eigenvalue weighted by molar-refractivity contribution is 0.482. The van der Waals surface area contributed by atoms with Crippen molar-refractivity contribution in [1.82, 2.24) is 15.0 Å². The molecule has 0 fully saturated rings. The Hall–Kier alpha value is -3.47. The van der Waals surface area contributed by atoms with Crippen molar-refractivity contribution in [2.24, 2.45) is 0 Å². The van der Waals surface area contributed by atoms with E-state index in [1.807, 2.05) is 36.4 Å². The van der Waals surface area contributed by atoms with E-state index in [-0.39, 0.29) is 0 Å². The number of benzene rings is 2. The Bertz CT molecular complexity index is 1050. The lowest BCUT2D eigenvalue weighted by Gasteiger charge is -2.11. The number of pyridine rings is 1. The standard InChI is InChI=1S/C21H18N4O/c1-14-11-19-20(12-15(14)2)23-13-24-21(19)25-16-3-5-17(6-4-16)26-18-7-9-22-10-8-18/h3-13H,1-2H3,(H,23,24,25). The minimum Gasteiger partial charge on any atom is -0.457 e. The number of hydrogen-bond acceptors (Lipinski definition) is 5. The normalized spacial score (nSPS) is 10.7. The van der Waals surface area contributed by atoms with Crippen LogP contribution in [0, 0.1) is 13.8 Å². The van der Waals surface area contributed by atoms with Gasteiger partial charge in [0.05, 0.1) is 5.52 Å². The molecule has 0 aliphatic rings. The number of aryl methyl sites for hydroxylation is 2. The lowest BCUT2D eigenvalue weighted by atomic mass is 10.1. The molecule has 5 heteroatoms. The van der Waals surface area contributed by atoms with E-state index >= 15 is 0 Å². The molecule has 4 aromatic rings. The van der Waals surface area contributed by atoms with Gasteiger partial charge in [0.1, 0.15) is 23.6 Å². The Morgan fingerprint density at radius 1 is 0.808 bits per heavy atom. The summed E-state index contributed by atoms with van der Waals surface area (Å²) in [6.45, 7) is 4.18. The van der Waals surface area contributed by atoms with Gasteiger partial charge >= 0.3 is 0 Å². The second-order valence-corrected chi connectivity index (χ2v) is 6.11. The van der Waals surface area contributed by atoms with Gasteiger partial charge in [-0.3, -0.25) is 4.98 Å². The third kappa shape index (κ3) is 3.32. The molecule has 0 aliphatic carbocycles. The molecule has 0 saturated heterocycles. The maximum absolute atomic E-state index is 5.79. The number of aromatic nitrogens is 3. The molecule has 0 bridgehead atoms. The van der Waals surface area contributed by atoms with Crippen LogP contribution in [-0.2, 0) is 0 Å². The molecule has 26 heavy (non-hydrogen) atoms. The summed E-state index contributed by atoms with van der Waals surface area (Å²) in [6.07, 6.45) is 4.99. The molecule has 0 amide bonds. The van der Waals surface area contributed by atoms with Gasteiger partial charge in [0, 0.05) is 23.5 Å². The van der Waals surface area contributed by atoms with E-state index in [0.29, 0.717) is 0 Å². The molecule has 0 saturated carbocycles. The Morgan fingerprint density at radius 3 is 2.27 bits per heavy atom. The van der Waals surface area contributed by atoms with Crippen molar-refractivity contribution in [3.63, 3.8) is 0 Å². The van der Waals surface area contributed by atoms with Gasteiger partial charge in [-0.05, 0) is 73.5 Å². The lowest BCUT2D eigenvalue weighted by Crippen LogP contribution is -1.97. The first-order valence-electron chi connectivity index (χ1n) is 8.36. The van der Waals surface area contributed by atoms with E-state index in [0.717, 1.165) is 33.9 Å². The first kappa shape index (κ1) is 16.0. The van der Waals surface area contributed by atoms with Crippen LogP contribution in [-0.4, -0.2) is 15.0 Å². The summed E-state index contributed by atoms with van der Waals surface area (Å²) in [6, 6.07) is 15.6. The molecule has 4 rings (SSSR count). The van der Waals surface area contributed by atoms with Crippen LogP contribution in [0.1, 0.15) is 11.1 Å². The fraction of sp³-hybridized carbons (Fsp3) is 0.0952. The van der Waals surface area contributed by atoms with Gasteiger partial charge in [-0.15, -0.1) is 0 Å². The Balaban J connectivity index is 1.58. The van der Waals surface area contributed by atoms with E-state index in [4.69, 9.17) is 4.74 Å². The van der Waals surface area contributed by atoms with Gasteiger partial charge < -0.3 is 10.1 Å². The molecule has 0 unspecified atom stereocenters. The highest BCUT2D eigenvalue weighted by Crippen LogP contribution is 2.27. The third-order valence-electron chi connectivity index (χ3n) is 4.25. The fourth-order valence-corrected chi connectivity index (χ4v) is 2.70. The van der Waals surface area contributed by atoms with Crippen LogP contribution in [0.4, 0.5) is 11.5 Å². The highest BCUT2D eigenvalue weighted by atomic mass is 16.5. The SMILES string of the molecule is Cc1cc2ncnc(Nc3ccc(Oc4ccncc4)cc3)c2cc1C. The van der Waals surface area contributed by atoms with Crippen LogP contribution in [0.25, 0.3) is 10.9 Å². The molecular weight excluding hydrogens is 324 g/mol. The highest BCUT2D eigenvalue weighted by molar-refractivity contribution is 5.91. The van der Waals surface area contributed by atoms with Gasteiger partial charge in [0.15, 0.2) is 0 Å². The summed E-state index contributed by atoms with van der Waals surface area (Å²) >= 11 is 0. The Labute approximate surface area is 151 Å². The number of anilines is 2. The molecule has 1 N–H and O–H groups in total. The van der Waals surface area contributed by atoms with Crippen molar-refractivity contribution >= 4 is 22.4 Å². The molecule has 128 valence electrons. The van der Waals surface area contributed by atoms with Crippen molar-refractivity contribution in [3.05, 3.63) is 78.4 Å². The zero-order valence-electron chi connectivity index (χ0n) is 14.6. The largest absolute Gasteiger partial charge is 0.457 e. The average molecular weight is 342 g/mol. The number of nitrogens with one attached hydrogen (secondary N) is 1. The molecule has 2 aromatic carbocycles. The van der Waals surface area contributed by atoms with Crippen LogP contribution < -0.4 is 10.1 Å². The van der Waals surface area contributed by atoms with Crippen molar-refractivity contribution < 1.29 is 4.74 Å². The monoisotopic (exact) mass is 342 g/mol. The average Bonchev–Trinajstić information content (AvgIpc) is 2.66. The molecule has 0 aliphatic heterocycles. The van der Waals surface area contributed by atoms with E-state index in [1.165, 1.54) is 11.1 Å². The highest BCUT2D eigenvalue weighted by Gasteiger charge is 2.06. The second-order valence-electron chi connectivity index (χ2n) is 6.11. The zero-order valence-corrected chi connectivity index (χ0v) is 14.6. The zero-order chi connectivity index (χ0) is 17.9. The summed E-state index contributed by atoms with van der Waals surface area (Å²) in [4.78, 5) is 12.8. The Morgan fingerprint density at radius 2 is 1.50 bits per heavy atom. The molecular formula is C21H18N4O. The van der Waals surface area contributed by atoms with Crippen LogP contribution in [0.2, 0.25) is 0 Å². The number of ether oxygens (including phenoxy) is 1. The van der Waals surface area contributed by atoms with Gasteiger partial charge in [-0.2, -0.15) is 0 Å². The van der Waals surface area contributed by atoms with E-state index < -0.39 is 0 Å². The van der Waals surface area contributed by atoms with Crippen molar-refractivity contribution in [2.75, 3.05) is 5.32 Å². The summed E-state index contributed by atoms with van der Waals surface area (Å²) in [7, 11) is 0. The molecule has 0 spiro atoms. The fourth-order valence-electron chi connectivity index (χ4n) is 2.70. The van der Waals surface area contributed by atoms with E-state index in [9.17, 15) is 0 Å². The van der Waals surface area contributed by atoms with Crippen LogP contribution in [0.5, 0.6) is 11.5 Å². The predicted octanol–water partition coefficient (Wildman–Crippen LogP) is 5.18. The van der Waals surface area contributed by atoms with Crippen LogP contribution in [0.15, 0.2) is 67.3 Å². The molecule has 0 radical (unpaired) electrons. The smallest absolute Gasteiger partial charge is 0.141 e. The maximum Gasteiger partial charge on any atom is 0.141 e. The first-order valence-corrected chi connectivity index (χ1v) is 8.36. The van der Waals surface area contributed by atoms with Crippen LogP contribution >= 0.6 is 0 Å². The van der Waals surface area contributed by atoms with Gasteiger partial charge in [0.2, 0.25) is 0 Å². The van der Waals surface area contributed by atoms with Crippen molar-refractivity contribution in [3.8, 4) is 11.5 Å². The topological polar surface area (TPSA) is 59.9 Å². The number of rotatable bonds is 4. The quantitative estimate of drug-likeness (QED) is 0.554. The molecule has 2 aromatic heterocycles. The minimum absolute atomic E-state index is 0.758. The first-order chi connectivity index (χ1) is 12.7. The van der Waals surface area contributed by atoms with Gasteiger partial charge in [-0.25, -0.2) is 9.97 Å². The second kappa shape index (κ2) is 6.80. The number of fused-ring (bicyclic) bond motifs is 1. The maximum atomic E-state index is 5.79. The van der Waals surface area contributed by atoms with Crippen molar-refractivity contribution in [2.45, 2.75) is 13.8 Å². The minimum atomic E-state index is 0.758. The summed E-state index contributed by atoms with van der Waals surface area (Å²) < 4.78 is 5.79. The van der Waals surface area contributed by atoms with Crippen molar-refractivity contribution in [1.29, 1.82) is 0 Å². The summed E-state index contributed by atoms with van der Waals surface area (Å²) in [5, 5.41) is 4.38. The van der Waals surface area contributed by atoms with Gasteiger partial charge in [0.25, 0.3) is 0 Å². The summed E-state index contributed by atoms with van der Waals surface area (Å²) in [5.41, 5.74) is 4.31. The molecule has 2 heterocycles. The van der Waals surface area contributed by atoms with E-state index in [1.54, 1.807) is 18.7 Å². The third-order valence-corrected chi connectivity index (χ3v) is 4.25. The number of hydrogen-bond donors (Lipinski definition) is 1. The number of nitrogens with zero attached hydrogens (tertiary/aromatic N) is 3. The molecule has 5 nitrogen and oxygen atoms in total. The van der Waals surface area contributed by atoms with E-state index in [2.05, 4.69) is 46.2 Å². The van der Waals surface area contributed by atoms with Crippen LogP contribution in [0.3, 0.4) is 0 Å². The Kier molecular flexibility index (Phi) is 4.19. The molecule has 0 atom stereocenters. The predicted molar refractivity (Wildman–Crippen MR) is 103 cm³/mol. The van der Waals surface area contributed by atoms with Gasteiger partial charge in [-0.1, -0.05) is 0 Å². The summed E-state index contributed by atoms with van der Waals surface area (Å²) in [5.74, 6) is 2.31.